The van der Waals surface area contributed by atoms with E-state index in [-0.39, 0.29) is 5.91 Å². The van der Waals surface area contributed by atoms with Crippen molar-refractivity contribution in [2.75, 3.05) is 20.2 Å². The molecule has 21 heavy (non-hydrogen) atoms. The average Bonchev–Trinajstić information content (AvgIpc) is 2.73. The van der Waals surface area contributed by atoms with Crippen molar-refractivity contribution in [1.29, 1.82) is 0 Å². The van der Waals surface area contributed by atoms with Crippen LogP contribution in [0, 0.1) is 0 Å². The quantitative estimate of drug-likeness (QED) is 0.792. The normalized spacial score (nSPS) is 18.8. The summed E-state index contributed by atoms with van der Waals surface area (Å²) in [5.74, 6) is 1.45. The summed E-state index contributed by atoms with van der Waals surface area (Å²) >= 11 is 0. The van der Waals surface area contributed by atoms with Gasteiger partial charge >= 0.3 is 0 Å². The number of likely N-dealkylation sites (tertiary alicyclic amines) is 1. The smallest absolute Gasteiger partial charge is 0.246 e. The van der Waals surface area contributed by atoms with Crippen LogP contribution in [0.5, 0.6) is 5.75 Å². The van der Waals surface area contributed by atoms with Crippen LogP contribution >= 0.6 is 0 Å². The van der Waals surface area contributed by atoms with E-state index in [1.165, 1.54) is 12.0 Å². The van der Waals surface area contributed by atoms with Crippen molar-refractivity contribution in [3.8, 4) is 5.75 Å². The molecule has 1 fully saturated rings. The number of hydrogen-bond donors (Lipinski definition) is 0. The lowest BCUT2D eigenvalue weighted by Gasteiger charge is -2.24. The van der Waals surface area contributed by atoms with Gasteiger partial charge in [0.15, 0.2) is 0 Å². The molecule has 1 atom stereocenters. The van der Waals surface area contributed by atoms with Crippen molar-refractivity contribution < 1.29 is 9.53 Å². The van der Waals surface area contributed by atoms with Crippen LogP contribution in [0.15, 0.2) is 35.9 Å². The summed E-state index contributed by atoms with van der Waals surface area (Å²) in [6.45, 7) is 5.62. The van der Waals surface area contributed by atoms with E-state index in [0.29, 0.717) is 5.92 Å². The minimum Gasteiger partial charge on any atom is -0.497 e. The maximum absolute atomic E-state index is 12.3. The van der Waals surface area contributed by atoms with E-state index >= 15 is 0 Å². The van der Waals surface area contributed by atoms with E-state index in [0.717, 1.165) is 37.3 Å². The molecule has 0 spiro atoms. The zero-order chi connectivity index (χ0) is 15.2. The predicted octanol–water partition coefficient (Wildman–Crippen LogP) is 3.76. The first-order chi connectivity index (χ1) is 10.1. The second-order valence-electron chi connectivity index (χ2n) is 5.97. The Morgan fingerprint density at radius 2 is 1.95 bits per heavy atom. The molecule has 0 radical (unpaired) electrons. The SMILES string of the molecule is COc1ccc([C@H]2CCCCN(C(=O)C=C(C)C)C2)cc1. The van der Waals surface area contributed by atoms with Crippen molar-refractivity contribution in [2.45, 2.75) is 39.0 Å². The zero-order valence-electron chi connectivity index (χ0n) is 13.3. The fourth-order valence-electron chi connectivity index (χ4n) is 2.83. The lowest BCUT2D eigenvalue weighted by molar-refractivity contribution is -0.126. The molecule has 1 aromatic rings. The second kappa shape index (κ2) is 7.30. The van der Waals surface area contributed by atoms with E-state index in [1.54, 1.807) is 13.2 Å². The van der Waals surface area contributed by atoms with E-state index < -0.39 is 0 Å². The maximum Gasteiger partial charge on any atom is 0.246 e. The molecule has 3 heteroatoms. The number of ether oxygens (including phenoxy) is 1. The number of methoxy groups -OCH3 is 1. The average molecular weight is 287 g/mol. The Balaban J connectivity index is 2.11. The number of amides is 1. The molecule has 0 aliphatic carbocycles. The van der Waals surface area contributed by atoms with Gasteiger partial charge in [0.2, 0.25) is 5.91 Å². The highest BCUT2D eigenvalue weighted by Crippen LogP contribution is 2.28. The molecule has 1 amide bonds. The zero-order valence-corrected chi connectivity index (χ0v) is 13.3. The number of nitrogens with zero attached hydrogens (tertiary/aromatic N) is 1. The van der Waals surface area contributed by atoms with Crippen LogP contribution in [-0.2, 0) is 4.79 Å². The van der Waals surface area contributed by atoms with Crippen LogP contribution in [0.1, 0.15) is 44.6 Å². The highest BCUT2D eigenvalue weighted by molar-refractivity contribution is 5.88. The lowest BCUT2D eigenvalue weighted by Crippen LogP contribution is -2.32. The molecule has 0 bridgehead atoms. The highest BCUT2D eigenvalue weighted by Gasteiger charge is 2.22. The molecule has 1 heterocycles. The van der Waals surface area contributed by atoms with Gasteiger partial charge in [-0.2, -0.15) is 0 Å². The standard InChI is InChI=1S/C18H25NO2/c1-14(2)12-18(20)19-11-5-4-6-16(13-19)15-7-9-17(21-3)10-8-15/h7-10,12,16H,4-6,11,13H2,1-3H3/t16-/m0/s1. The summed E-state index contributed by atoms with van der Waals surface area (Å²) in [5.41, 5.74) is 2.36. The third kappa shape index (κ3) is 4.35. The first-order valence-corrected chi connectivity index (χ1v) is 7.68. The molecule has 0 unspecified atom stereocenters. The molecule has 0 N–H and O–H groups in total. The summed E-state index contributed by atoms with van der Waals surface area (Å²) in [7, 11) is 1.68. The topological polar surface area (TPSA) is 29.5 Å². The van der Waals surface area contributed by atoms with E-state index in [4.69, 9.17) is 4.74 Å². The van der Waals surface area contributed by atoms with Crippen LogP contribution in [0.4, 0.5) is 0 Å². The van der Waals surface area contributed by atoms with Crippen LogP contribution < -0.4 is 4.74 Å². The van der Waals surface area contributed by atoms with Crippen LogP contribution in [0.3, 0.4) is 0 Å². The van der Waals surface area contributed by atoms with Gasteiger partial charge < -0.3 is 9.64 Å². The van der Waals surface area contributed by atoms with Gasteiger partial charge in [0.05, 0.1) is 7.11 Å². The molecule has 3 nitrogen and oxygen atoms in total. The van der Waals surface area contributed by atoms with Gasteiger partial charge in [-0.25, -0.2) is 0 Å². The largest absolute Gasteiger partial charge is 0.497 e. The van der Waals surface area contributed by atoms with E-state index in [9.17, 15) is 4.79 Å². The number of rotatable bonds is 3. The second-order valence-corrected chi connectivity index (χ2v) is 5.97. The minimum absolute atomic E-state index is 0.149. The van der Waals surface area contributed by atoms with E-state index in [1.807, 2.05) is 30.9 Å². The highest BCUT2D eigenvalue weighted by atomic mass is 16.5. The maximum atomic E-state index is 12.3. The van der Waals surface area contributed by atoms with Gasteiger partial charge in [-0.3, -0.25) is 4.79 Å². The third-order valence-electron chi connectivity index (χ3n) is 3.98. The summed E-state index contributed by atoms with van der Waals surface area (Å²) in [4.78, 5) is 14.3. The van der Waals surface area contributed by atoms with Gasteiger partial charge in [-0.05, 0) is 44.4 Å². The number of allylic oxidation sites excluding steroid dienone is 1. The molecule has 1 aromatic carbocycles. The summed E-state index contributed by atoms with van der Waals surface area (Å²) in [5, 5.41) is 0. The molecule has 0 aromatic heterocycles. The number of hydrogen-bond acceptors (Lipinski definition) is 2. The molecular weight excluding hydrogens is 262 g/mol. The fraction of sp³-hybridized carbons (Fsp3) is 0.500. The first-order valence-electron chi connectivity index (χ1n) is 7.68. The van der Waals surface area contributed by atoms with Crippen LogP contribution in [-0.4, -0.2) is 31.0 Å². The molecule has 2 rings (SSSR count). The Kier molecular flexibility index (Phi) is 5.43. The molecule has 114 valence electrons. The number of carbonyl (C=O) groups excluding carboxylic acids is 1. The van der Waals surface area contributed by atoms with Crippen molar-refractivity contribution in [3.05, 3.63) is 41.5 Å². The number of benzene rings is 1. The molecule has 1 saturated heterocycles. The van der Waals surface area contributed by atoms with Gasteiger partial charge in [-0.1, -0.05) is 24.1 Å². The Morgan fingerprint density at radius 1 is 1.24 bits per heavy atom. The van der Waals surface area contributed by atoms with Crippen LogP contribution in [0.2, 0.25) is 0 Å². The van der Waals surface area contributed by atoms with Gasteiger partial charge in [0, 0.05) is 25.1 Å². The Hall–Kier alpha value is -1.77. The predicted molar refractivity (Wildman–Crippen MR) is 85.6 cm³/mol. The molecule has 1 aliphatic heterocycles. The summed E-state index contributed by atoms with van der Waals surface area (Å²) < 4.78 is 5.21. The van der Waals surface area contributed by atoms with Crippen LogP contribution in [0.25, 0.3) is 0 Å². The summed E-state index contributed by atoms with van der Waals surface area (Å²) in [6, 6.07) is 8.25. The van der Waals surface area contributed by atoms with Crippen molar-refractivity contribution >= 4 is 5.91 Å². The monoisotopic (exact) mass is 287 g/mol. The Bertz CT molecular complexity index is 500. The molecule has 1 aliphatic rings. The van der Waals surface area contributed by atoms with Crippen molar-refractivity contribution in [3.63, 3.8) is 0 Å². The fourth-order valence-corrected chi connectivity index (χ4v) is 2.83. The Labute approximate surface area is 127 Å². The Morgan fingerprint density at radius 3 is 2.57 bits per heavy atom. The number of carbonyl (C=O) groups is 1. The lowest BCUT2D eigenvalue weighted by atomic mass is 9.94. The molecule has 0 saturated carbocycles. The van der Waals surface area contributed by atoms with Gasteiger partial charge in [-0.15, -0.1) is 0 Å². The summed E-state index contributed by atoms with van der Waals surface area (Å²) in [6.07, 6.45) is 5.16. The minimum atomic E-state index is 0.149. The third-order valence-corrected chi connectivity index (χ3v) is 3.98. The first kappa shape index (κ1) is 15.6. The van der Waals surface area contributed by atoms with E-state index in [2.05, 4.69) is 12.1 Å². The van der Waals surface area contributed by atoms with Crippen molar-refractivity contribution in [1.82, 2.24) is 4.90 Å². The van der Waals surface area contributed by atoms with Crippen molar-refractivity contribution in [2.24, 2.45) is 0 Å². The van der Waals surface area contributed by atoms with Gasteiger partial charge in [0.1, 0.15) is 5.75 Å². The van der Waals surface area contributed by atoms with Gasteiger partial charge in [0.25, 0.3) is 0 Å². The molecular formula is C18H25NO2.